The summed E-state index contributed by atoms with van der Waals surface area (Å²) in [4.78, 5) is 33.5. The minimum atomic E-state index is -0.280. The number of hydrogen-bond acceptors (Lipinski definition) is 5. The van der Waals surface area contributed by atoms with Crippen molar-refractivity contribution in [3.63, 3.8) is 0 Å². The van der Waals surface area contributed by atoms with Crippen molar-refractivity contribution in [1.82, 2.24) is 20.1 Å². The van der Waals surface area contributed by atoms with Gasteiger partial charge in [0.25, 0.3) is 5.91 Å². The number of hydrogen-bond donors (Lipinski definition) is 1. The summed E-state index contributed by atoms with van der Waals surface area (Å²) in [5.74, 6) is -0.466. The van der Waals surface area contributed by atoms with Gasteiger partial charge in [0.05, 0.1) is 24.8 Å². The van der Waals surface area contributed by atoms with Crippen LogP contribution >= 0.6 is 0 Å². The zero-order chi connectivity index (χ0) is 22.3. The normalized spacial score (nSPS) is 18.8. The van der Waals surface area contributed by atoms with Crippen molar-refractivity contribution < 1.29 is 18.7 Å². The first-order valence-electron chi connectivity index (χ1n) is 11.2. The molecular formula is C24H29FN4O3. The van der Waals surface area contributed by atoms with E-state index in [0.717, 1.165) is 18.7 Å². The van der Waals surface area contributed by atoms with E-state index in [-0.39, 0.29) is 29.6 Å². The molecule has 2 saturated heterocycles. The number of likely N-dealkylation sites (tertiary alicyclic amines) is 1. The number of nitrogens with zero attached hydrogens (tertiary/aromatic N) is 3. The second-order valence-electron chi connectivity index (χ2n) is 8.27. The summed E-state index contributed by atoms with van der Waals surface area (Å²) in [6.07, 6.45) is 4.46. The first-order valence-corrected chi connectivity index (χ1v) is 11.2. The molecule has 0 bridgehead atoms. The van der Waals surface area contributed by atoms with Crippen LogP contribution in [0.3, 0.4) is 0 Å². The number of carbonyl (C=O) groups is 2. The molecule has 2 aromatic rings. The highest BCUT2D eigenvalue weighted by atomic mass is 19.1. The van der Waals surface area contributed by atoms with Crippen LogP contribution in [0.15, 0.2) is 48.8 Å². The van der Waals surface area contributed by atoms with Crippen molar-refractivity contribution in [2.75, 3.05) is 45.9 Å². The number of piperidine rings is 1. The van der Waals surface area contributed by atoms with Crippen LogP contribution in [0.2, 0.25) is 0 Å². The predicted octanol–water partition coefficient (Wildman–Crippen LogP) is 2.26. The molecule has 1 N–H and O–H groups in total. The van der Waals surface area contributed by atoms with Crippen molar-refractivity contribution >= 4 is 11.8 Å². The number of halogens is 1. The number of carbonyl (C=O) groups excluding carboxylic acids is 2. The molecule has 1 aromatic heterocycles. The van der Waals surface area contributed by atoms with E-state index < -0.39 is 0 Å². The second kappa shape index (κ2) is 10.7. The van der Waals surface area contributed by atoms with Gasteiger partial charge in [0, 0.05) is 51.0 Å². The fourth-order valence-corrected chi connectivity index (χ4v) is 4.42. The van der Waals surface area contributed by atoms with Gasteiger partial charge in [-0.05, 0) is 42.7 Å². The predicted molar refractivity (Wildman–Crippen MR) is 117 cm³/mol. The Morgan fingerprint density at radius 2 is 1.91 bits per heavy atom. The third-order valence-electron chi connectivity index (χ3n) is 6.25. The van der Waals surface area contributed by atoms with Gasteiger partial charge in [-0.25, -0.2) is 4.39 Å². The Bertz CT molecular complexity index is 912. The second-order valence-corrected chi connectivity index (χ2v) is 8.27. The van der Waals surface area contributed by atoms with Gasteiger partial charge in [-0.1, -0.05) is 12.1 Å². The summed E-state index contributed by atoms with van der Waals surface area (Å²) in [5, 5.41) is 3.09. The highest BCUT2D eigenvalue weighted by Gasteiger charge is 2.29. The van der Waals surface area contributed by atoms with E-state index in [4.69, 9.17) is 4.74 Å². The average Bonchev–Trinajstić information content (AvgIpc) is 2.85. The van der Waals surface area contributed by atoms with E-state index >= 15 is 0 Å². The summed E-state index contributed by atoms with van der Waals surface area (Å²) in [7, 11) is 0. The van der Waals surface area contributed by atoms with Gasteiger partial charge in [-0.15, -0.1) is 0 Å². The first kappa shape index (κ1) is 22.4. The molecule has 0 radical (unpaired) electrons. The number of morpholine rings is 1. The highest BCUT2D eigenvalue weighted by molar-refractivity contribution is 5.94. The fourth-order valence-electron chi connectivity index (χ4n) is 4.42. The number of aromatic nitrogens is 1. The molecule has 7 nitrogen and oxygen atoms in total. The monoisotopic (exact) mass is 440 g/mol. The van der Waals surface area contributed by atoms with Crippen molar-refractivity contribution in [2.45, 2.75) is 18.9 Å². The maximum Gasteiger partial charge on any atom is 0.255 e. The summed E-state index contributed by atoms with van der Waals surface area (Å²) < 4.78 is 19.3. The summed E-state index contributed by atoms with van der Waals surface area (Å²) in [5.41, 5.74) is 1.42. The van der Waals surface area contributed by atoms with Gasteiger partial charge in [0.15, 0.2) is 0 Å². The van der Waals surface area contributed by atoms with E-state index in [1.807, 2.05) is 6.07 Å². The molecule has 3 heterocycles. The van der Waals surface area contributed by atoms with Crippen LogP contribution in [0, 0.1) is 11.7 Å². The number of pyridine rings is 1. The lowest BCUT2D eigenvalue weighted by Gasteiger charge is -2.36. The summed E-state index contributed by atoms with van der Waals surface area (Å²) in [6.45, 7) is 4.24. The molecule has 2 aliphatic heterocycles. The van der Waals surface area contributed by atoms with E-state index in [1.54, 1.807) is 35.5 Å². The molecule has 0 spiro atoms. The minimum Gasteiger partial charge on any atom is -0.379 e. The molecule has 8 heteroatoms. The van der Waals surface area contributed by atoms with Crippen molar-refractivity contribution in [3.05, 3.63) is 65.7 Å². The standard InChI is InChI=1S/C24H29FN4O3/c25-21-5-1-3-19(15-21)22(28-11-13-32-14-12-28)17-27-23(30)18-6-9-29(10-7-18)24(31)20-4-2-8-26-16-20/h1-5,8,15-16,18,22H,6-7,9-14,17H2,(H,27,30). The zero-order valence-electron chi connectivity index (χ0n) is 18.1. The van der Waals surface area contributed by atoms with Crippen LogP contribution in [-0.2, 0) is 9.53 Å². The molecule has 1 aromatic carbocycles. The number of rotatable bonds is 6. The van der Waals surface area contributed by atoms with E-state index in [1.165, 1.54) is 12.1 Å². The Kier molecular flexibility index (Phi) is 7.44. The molecule has 4 rings (SSSR count). The lowest BCUT2D eigenvalue weighted by atomic mass is 9.95. The van der Waals surface area contributed by atoms with Gasteiger partial charge in [0.1, 0.15) is 5.82 Å². The van der Waals surface area contributed by atoms with Gasteiger partial charge in [0.2, 0.25) is 5.91 Å². The van der Waals surface area contributed by atoms with Gasteiger partial charge >= 0.3 is 0 Å². The molecule has 2 fully saturated rings. The average molecular weight is 441 g/mol. The molecule has 1 unspecified atom stereocenters. The number of ether oxygens (including phenoxy) is 1. The molecule has 32 heavy (non-hydrogen) atoms. The molecule has 1 atom stereocenters. The van der Waals surface area contributed by atoms with Gasteiger partial charge in [-0.3, -0.25) is 19.5 Å². The largest absolute Gasteiger partial charge is 0.379 e. The molecular weight excluding hydrogens is 411 g/mol. The summed E-state index contributed by atoms with van der Waals surface area (Å²) >= 11 is 0. The van der Waals surface area contributed by atoms with Gasteiger partial charge in [-0.2, -0.15) is 0 Å². The first-order chi connectivity index (χ1) is 15.6. The Labute approximate surface area is 187 Å². The molecule has 0 aliphatic carbocycles. The van der Waals surface area contributed by atoms with E-state index in [9.17, 15) is 14.0 Å². The minimum absolute atomic E-state index is 0.00635. The van der Waals surface area contributed by atoms with Crippen LogP contribution in [0.1, 0.15) is 34.8 Å². The highest BCUT2D eigenvalue weighted by Crippen LogP contribution is 2.23. The third kappa shape index (κ3) is 5.49. The Hall–Kier alpha value is -2.84. The van der Waals surface area contributed by atoms with E-state index in [0.29, 0.717) is 51.3 Å². The van der Waals surface area contributed by atoms with E-state index in [2.05, 4.69) is 15.2 Å². The maximum atomic E-state index is 13.8. The van der Waals surface area contributed by atoms with Crippen LogP contribution < -0.4 is 5.32 Å². The maximum absolute atomic E-state index is 13.8. The Morgan fingerprint density at radius 1 is 1.12 bits per heavy atom. The SMILES string of the molecule is O=C(NCC(c1cccc(F)c1)N1CCOCC1)C1CCN(C(=O)c2cccnc2)CC1. The zero-order valence-corrected chi connectivity index (χ0v) is 18.1. The van der Waals surface area contributed by atoms with Crippen molar-refractivity contribution in [2.24, 2.45) is 5.92 Å². The molecule has 170 valence electrons. The Balaban J connectivity index is 1.33. The molecule has 2 aliphatic rings. The topological polar surface area (TPSA) is 74.8 Å². The lowest BCUT2D eigenvalue weighted by molar-refractivity contribution is -0.126. The third-order valence-corrected chi connectivity index (χ3v) is 6.25. The fraction of sp³-hybridized carbons (Fsp3) is 0.458. The van der Waals surface area contributed by atoms with Gasteiger partial charge < -0.3 is 15.0 Å². The lowest BCUT2D eigenvalue weighted by Crippen LogP contribution is -2.46. The molecule has 0 saturated carbocycles. The van der Waals surface area contributed by atoms with Crippen LogP contribution in [0.4, 0.5) is 4.39 Å². The Morgan fingerprint density at radius 3 is 2.59 bits per heavy atom. The number of benzene rings is 1. The molecule has 2 amide bonds. The van der Waals surface area contributed by atoms with Crippen LogP contribution in [0.25, 0.3) is 0 Å². The van der Waals surface area contributed by atoms with Crippen molar-refractivity contribution in [1.29, 1.82) is 0 Å². The quantitative estimate of drug-likeness (QED) is 0.746. The van der Waals surface area contributed by atoms with Crippen LogP contribution in [0.5, 0.6) is 0 Å². The van der Waals surface area contributed by atoms with Crippen LogP contribution in [-0.4, -0.2) is 72.5 Å². The van der Waals surface area contributed by atoms with Crippen molar-refractivity contribution in [3.8, 4) is 0 Å². The summed E-state index contributed by atoms with van der Waals surface area (Å²) in [6, 6.07) is 9.97. The smallest absolute Gasteiger partial charge is 0.255 e. The number of amides is 2. The number of nitrogens with one attached hydrogen (secondary N) is 1.